The Bertz CT molecular complexity index is 855. The van der Waals surface area contributed by atoms with E-state index in [9.17, 15) is 4.79 Å². The molecule has 26 heavy (non-hydrogen) atoms. The number of carbonyl (C=O) groups excluding carboxylic acids is 1. The minimum atomic E-state index is -0.354. The molecule has 3 aromatic rings. The summed E-state index contributed by atoms with van der Waals surface area (Å²) in [4.78, 5) is 11.9. The zero-order valence-corrected chi connectivity index (χ0v) is 14.9. The number of nitrogens with one attached hydrogen (secondary N) is 1. The first-order chi connectivity index (χ1) is 12.6. The summed E-state index contributed by atoms with van der Waals surface area (Å²) in [5, 5.41) is 10.4. The minimum absolute atomic E-state index is 0.0719. The summed E-state index contributed by atoms with van der Waals surface area (Å²) in [6.45, 7) is 3.98. The molecule has 0 radical (unpaired) electrons. The van der Waals surface area contributed by atoms with Crippen molar-refractivity contribution in [3.8, 4) is 5.75 Å². The lowest BCUT2D eigenvalue weighted by molar-refractivity contribution is -0.118. The van der Waals surface area contributed by atoms with Crippen LogP contribution in [0.15, 0.2) is 52.9 Å². The molecule has 1 heterocycles. The summed E-state index contributed by atoms with van der Waals surface area (Å²) in [5.41, 5.74) is 3.48. The lowest BCUT2D eigenvalue weighted by atomic mass is 10.1. The van der Waals surface area contributed by atoms with Gasteiger partial charge in [0.05, 0.1) is 6.42 Å². The molecule has 0 fully saturated rings. The maximum Gasteiger partial charge on any atom is 0.322 e. The van der Waals surface area contributed by atoms with Crippen LogP contribution in [0.4, 0.5) is 6.01 Å². The SMILES string of the molecule is CCc1ccc(Cc2nnc(NC(=O)COc3ccc(C)cc3)o2)cc1. The molecule has 1 amide bonds. The van der Waals surface area contributed by atoms with Gasteiger partial charge in [-0.3, -0.25) is 10.1 Å². The van der Waals surface area contributed by atoms with Crippen LogP contribution in [-0.2, 0) is 17.6 Å². The minimum Gasteiger partial charge on any atom is -0.484 e. The molecular formula is C20H21N3O3. The number of ether oxygens (including phenoxy) is 1. The molecule has 134 valence electrons. The summed E-state index contributed by atoms with van der Waals surface area (Å²) in [6.07, 6.45) is 1.52. The van der Waals surface area contributed by atoms with E-state index in [4.69, 9.17) is 9.15 Å². The Morgan fingerprint density at radius 1 is 1.04 bits per heavy atom. The monoisotopic (exact) mass is 351 g/mol. The third-order valence-electron chi connectivity index (χ3n) is 3.89. The standard InChI is InChI=1S/C20H21N3O3/c1-3-15-6-8-16(9-7-15)12-19-22-23-20(26-19)21-18(24)13-25-17-10-4-14(2)5-11-17/h4-11H,3,12-13H2,1-2H3,(H,21,23,24). The quantitative estimate of drug-likeness (QED) is 0.704. The predicted octanol–water partition coefficient (Wildman–Crippen LogP) is 3.55. The van der Waals surface area contributed by atoms with Crippen LogP contribution < -0.4 is 10.1 Å². The summed E-state index contributed by atoms with van der Waals surface area (Å²) in [6, 6.07) is 15.8. The van der Waals surface area contributed by atoms with Gasteiger partial charge in [-0.15, -0.1) is 5.10 Å². The summed E-state index contributed by atoms with van der Waals surface area (Å²) in [5.74, 6) is 0.726. The van der Waals surface area contributed by atoms with E-state index in [1.807, 2.05) is 43.3 Å². The highest BCUT2D eigenvalue weighted by Gasteiger charge is 2.11. The molecule has 0 saturated carbocycles. The number of rotatable bonds is 7. The van der Waals surface area contributed by atoms with Crippen molar-refractivity contribution < 1.29 is 13.9 Å². The van der Waals surface area contributed by atoms with Crippen LogP contribution in [0.3, 0.4) is 0 Å². The van der Waals surface area contributed by atoms with Crippen molar-refractivity contribution in [3.05, 3.63) is 71.1 Å². The van der Waals surface area contributed by atoms with E-state index in [-0.39, 0.29) is 18.5 Å². The van der Waals surface area contributed by atoms with Crippen LogP contribution in [0.1, 0.15) is 29.5 Å². The number of hydrogen-bond acceptors (Lipinski definition) is 5. The van der Waals surface area contributed by atoms with Crippen LogP contribution in [0.25, 0.3) is 0 Å². The molecule has 0 unspecified atom stereocenters. The lowest BCUT2D eigenvalue weighted by Gasteiger charge is -2.05. The van der Waals surface area contributed by atoms with E-state index < -0.39 is 0 Å². The lowest BCUT2D eigenvalue weighted by Crippen LogP contribution is -2.20. The van der Waals surface area contributed by atoms with Crippen LogP contribution >= 0.6 is 0 Å². The molecule has 6 nitrogen and oxygen atoms in total. The number of aryl methyl sites for hydroxylation is 2. The second-order valence-corrected chi connectivity index (χ2v) is 6.00. The maximum absolute atomic E-state index is 11.9. The Morgan fingerprint density at radius 3 is 2.42 bits per heavy atom. The topological polar surface area (TPSA) is 77.2 Å². The van der Waals surface area contributed by atoms with Gasteiger partial charge < -0.3 is 9.15 Å². The molecule has 6 heteroatoms. The fourth-order valence-corrected chi connectivity index (χ4v) is 2.38. The van der Waals surface area contributed by atoms with E-state index in [1.165, 1.54) is 5.56 Å². The van der Waals surface area contributed by atoms with Gasteiger partial charge in [-0.2, -0.15) is 0 Å². The molecule has 0 bridgehead atoms. The third-order valence-corrected chi connectivity index (χ3v) is 3.89. The number of benzene rings is 2. The largest absolute Gasteiger partial charge is 0.484 e. The van der Waals surface area contributed by atoms with E-state index >= 15 is 0 Å². The number of aromatic nitrogens is 2. The Morgan fingerprint density at radius 2 is 1.73 bits per heavy atom. The molecule has 0 saturated heterocycles. The Balaban J connectivity index is 1.50. The van der Waals surface area contributed by atoms with Crippen LogP contribution in [0, 0.1) is 6.92 Å². The molecule has 0 aliphatic rings. The van der Waals surface area contributed by atoms with Gasteiger partial charge in [0.25, 0.3) is 5.91 Å². The fourth-order valence-electron chi connectivity index (χ4n) is 2.38. The normalized spacial score (nSPS) is 10.5. The average molecular weight is 351 g/mol. The second kappa shape index (κ2) is 8.29. The first-order valence-electron chi connectivity index (χ1n) is 8.52. The van der Waals surface area contributed by atoms with Gasteiger partial charge in [0.15, 0.2) is 6.61 Å². The smallest absolute Gasteiger partial charge is 0.322 e. The van der Waals surface area contributed by atoms with E-state index in [1.54, 1.807) is 0 Å². The van der Waals surface area contributed by atoms with Crippen LogP contribution in [0.5, 0.6) is 5.75 Å². The van der Waals surface area contributed by atoms with E-state index in [2.05, 4.69) is 34.6 Å². The van der Waals surface area contributed by atoms with Crippen LogP contribution in [-0.4, -0.2) is 22.7 Å². The molecule has 0 aliphatic carbocycles. The van der Waals surface area contributed by atoms with Crippen molar-refractivity contribution in [2.45, 2.75) is 26.7 Å². The number of nitrogens with zero attached hydrogens (tertiary/aromatic N) is 2. The van der Waals surface area contributed by atoms with Crippen molar-refractivity contribution in [1.82, 2.24) is 10.2 Å². The van der Waals surface area contributed by atoms with Gasteiger partial charge >= 0.3 is 6.01 Å². The zero-order valence-electron chi connectivity index (χ0n) is 14.9. The molecular weight excluding hydrogens is 330 g/mol. The first-order valence-corrected chi connectivity index (χ1v) is 8.52. The predicted molar refractivity (Wildman–Crippen MR) is 98.2 cm³/mol. The number of hydrogen-bond donors (Lipinski definition) is 1. The summed E-state index contributed by atoms with van der Waals surface area (Å²) < 4.78 is 10.9. The van der Waals surface area contributed by atoms with Gasteiger partial charge in [-0.05, 0) is 36.6 Å². The van der Waals surface area contributed by atoms with Crippen molar-refractivity contribution >= 4 is 11.9 Å². The van der Waals surface area contributed by atoms with Crippen molar-refractivity contribution in [1.29, 1.82) is 0 Å². The Kier molecular flexibility index (Phi) is 5.63. The van der Waals surface area contributed by atoms with Gasteiger partial charge in [0.1, 0.15) is 5.75 Å². The molecule has 0 aliphatic heterocycles. The highest BCUT2D eigenvalue weighted by atomic mass is 16.5. The van der Waals surface area contributed by atoms with Crippen molar-refractivity contribution in [3.63, 3.8) is 0 Å². The van der Waals surface area contributed by atoms with Crippen LogP contribution in [0.2, 0.25) is 0 Å². The zero-order chi connectivity index (χ0) is 18.4. The maximum atomic E-state index is 11.9. The third kappa shape index (κ3) is 4.92. The van der Waals surface area contributed by atoms with Gasteiger partial charge in [-0.1, -0.05) is 54.0 Å². The molecule has 0 atom stereocenters. The number of carbonyl (C=O) groups is 1. The van der Waals surface area contributed by atoms with Gasteiger partial charge in [-0.25, -0.2) is 0 Å². The summed E-state index contributed by atoms with van der Waals surface area (Å²) >= 11 is 0. The van der Waals surface area contributed by atoms with Gasteiger partial charge in [0.2, 0.25) is 5.89 Å². The highest BCUT2D eigenvalue weighted by Crippen LogP contribution is 2.14. The van der Waals surface area contributed by atoms with E-state index in [0.717, 1.165) is 17.5 Å². The first kappa shape index (κ1) is 17.7. The molecule has 1 N–H and O–H groups in total. The molecule has 3 rings (SSSR count). The fraction of sp³-hybridized carbons (Fsp3) is 0.250. The van der Waals surface area contributed by atoms with Crippen molar-refractivity contribution in [2.24, 2.45) is 0 Å². The Labute approximate surface area is 152 Å². The average Bonchev–Trinajstić information content (AvgIpc) is 3.08. The molecule has 2 aromatic carbocycles. The second-order valence-electron chi connectivity index (χ2n) is 6.00. The van der Waals surface area contributed by atoms with Gasteiger partial charge in [0, 0.05) is 0 Å². The Hall–Kier alpha value is -3.15. The summed E-state index contributed by atoms with van der Waals surface area (Å²) in [7, 11) is 0. The highest BCUT2D eigenvalue weighted by molar-refractivity contribution is 5.89. The van der Waals surface area contributed by atoms with Crippen molar-refractivity contribution in [2.75, 3.05) is 11.9 Å². The molecule has 0 spiro atoms. The van der Waals surface area contributed by atoms with E-state index in [0.29, 0.717) is 18.1 Å². The number of anilines is 1. The number of amides is 1. The molecule has 1 aromatic heterocycles.